The highest BCUT2D eigenvalue weighted by Crippen LogP contribution is 2.38. The van der Waals surface area contributed by atoms with Crippen LogP contribution in [-0.2, 0) is 17.5 Å². The van der Waals surface area contributed by atoms with Crippen molar-refractivity contribution in [3.05, 3.63) is 34.8 Å². The number of rotatable bonds is 5. The van der Waals surface area contributed by atoms with Gasteiger partial charge in [-0.05, 0) is 39.0 Å². The van der Waals surface area contributed by atoms with E-state index in [4.69, 9.17) is 9.47 Å². The number of anilines is 2. The summed E-state index contributed by atoms with van der Waals surface area (Å²) in [6.45, 7) is 8.61. The van der Waals surface area contributed by atoms with Crippen LogP contribution in [0.1, 0.15) is 32.0 Å². The van der Waals surface area contributed by atoms with Crippen molar-refractivity contribution in [3.63, 3.8) is 0 Å². The first-order chi connectivity index (χ1) is 14.9. The van der Waals surface area contributed by atoms with Gasteiger partial charge in [0, 0.05) is 43.8 Å². The maximum atomic E-state index is 13.2. The van der Waals surface area contributed by atoms with Gasteiger partial charge in [-0.25, -0.2) is 9.78 Å². The third kappa shape index (κ3) is 6.49. The summed E-state index contributed by atoms with van der Waals surface area (Å²) in [7, 11) is 1.21. The molecule has 3 rings (SSSR count). The molecule has 0 spiro atoms. The normalized spacial score (nSPS) is 15.5. The summed E-state index contributed by atoms with van der Waals surface area (Å²) in [6, 6.07) is 3.81. The topological polar surface area (TPSA) is 66.9 Å². The average Bonchev–Trinajstić information content (AvgIpc) is 3.13. The molecule has 1 fully saturated rings. The quantitative estimate of drug-likeness (QED) is 0.663. The maximum Gasteiger partial charge on any atom is 0.420 e. The van der Waals surface area contributed by atoms with Gasteiger partial charge in [0.15, 0.2) is 5.13 Å². The number of benzene rings is 1. The highest BCUT2D eigenvalue weighted by atomic mass is 32.1. The van der Waals surface area contributed by atoms with Crippen LogP contribution >= 0.6 is 11.3 Å². The van der Waals surface area contributed by atoms with Crippen LogP contribution in [-0.4, -0.2) is 59.8 Å². The number of hydrogen-bond acceptors (Lipinski definition) is 7. The maximum absolute atomic E-state index is 13.2. The number of piperazine rings is 1. The standard InChI is InChI=1S/C21H27F3N4O3S/c1-20(2,3)31-19(29)28-9-7-27(8-10-28)12-15-13-32-18(26-15)25-14-5-6-17(30-4)16(11-14)21(22,23)24/h5-6,11,13H,7-10,12H2,1-4H3,(H,25,26). The molecule has 0 saturated carbocycles. The predicted octanol–water partition coefficient (Wildman–Crippen LogP) is 4.97. The van der Waals surface area contributed by atoms with E-state index in [9.17, 15) is 18.0 Å². The number of methoxy groups -OCH3 is 1. The van der Waals surface area contributed by atoms with Crippen molar-refractivity contribution in [2.45, 2.75) is 39.1 Å². The van der Waals surface area contributed by atoms with Crippen molar-refractivity contribution in [1.29, 1.82) is 0 Å². The number of aromatic nitrogens is 1. The second-order valence-electron chi connectivity index (χ2n) is 8.43. The highest BCUT2D eigenvalue weighted by Gasteiger charge is 2.34. The summed E-state index contributed by atoms with van der Waals surface area (Å²) in [4.78, 5) is 20.5. The summed E-state index contributed by atoms with van der Waals surface area (Å²) in [5, 5.41) is 5.31. The largest absolute Gasteiger partial charge is 0.496 e. The zero-order chi connectivity index (χ0) is 23.5. The lowest BCUT2D eigenvalue weighted by atomic mass is 10.1. The van der Waals surface area contributed by atoms with Crippen molar-refractivity contribution in [2.24, 2.45) is 0 Å². The molecule has 0 unspecified atom stereocenters. The van der Waals surface area contributed by atoms with E-state index in [1.165, 1.54) is 30.6 Å². The SMILES string of the molecule is COc1ccc(Nc2nc(CN3CCN(C(=O)OC(C)(C)C)CC3)cs2)cc1C(F)(F)F. The van der Waals surface area contributed by atoms with Gasteiger partial charge in [0.2, 0.25) is 0 Å². The number of alkyl halides is 3. The first-order valence-corrected chi connectivity index (χ1v) is 11.0. The summed E-state index contributed by atoms with van der Waals surface area (Å²) >= 11 is 1.32. The zero-order valence-corrected chi connectivity index (χ0v) is 19.3. The van der Waals surface area contributed by atoms with E-state index in [0.717, 1.165) is 11.8 Å². The van der Waals surface area contributed by atoms with E-state index >= 15 is 0 Å². The molecule has 1 aliphatic heterocycles. The fraction of sp³-hybridized carbons (Fsp3) is 0.524. The van der Waals surface area contributed by atoms with E-state index in [1.54, 1.807) is 4.90 Å². The minimum absolute atomic E-state index is 0.228. The molecule has 0 atom stereocenters. The lowest BCUT2D eigenvalue weighted by Gasteiger charge is -2.35. The first-order valence-electron chi connectivity index (χ1n) is 10.1. The van der Waals surface area contributed by atoms with Crippen LogP contribution in [0.4, 0.5) is 28.8 Å². The molecular weight excluding hydrogens is 445 g/mol. The number of ether oxygens (including phenoxy) is 2. The van der Waals surface area contributed by atoms with Gasteiger partial charge in [0.05, 0.1) is 18.4 Å². The van der Waals surface area contributed by atoms with Crippen molar-refractivity contribution in [3.8, 4) is 5.75 Å². The van der Waals surface area contributed by atoms with Gasteiger partial charge in [0.1, 0.15) is 11.4 Å². The Morgan fingerprint density at radius 3 is 2.47 bits per heavy atom. The molecule has 0 radical (unpaired) electrons. The Kier molecular flexibility index (Phi) is 7.19. The Morgan fingerprint density at radius 1 is 1.19 bits per heavy atom. The Balaban J connectivity index is 1.56. The molecule has 7 nitrogen and oxygen atoms in total. The van der Waals surface area contributed by atoms with Gasteiger partial charge in [-0.15, -0.1) is 11.3 Å². The first kappa shape index (κ1) is 24.1. The van der Waals surface area contributed by atoms with Crippen LogP contribution in [0.25, 0.3) is 0 Å². The third-order valence-electron chi connectivity index (χ3n) is 4.72. The van der Waals surface area contributed by atoms with Gasteiger partial charge >= 0.3 is 12.3 Å². The Hall–Kier alpha value is -2.53. The third-order valence-corrected chi connectivity index (χ3v) is 5.52. The van der Waals surface area contributed by atoms with Crippen molar-refractivity contribution in [2.75, 3.05) is 38.6 Å². The van der Waals surface area contributed by atoms with Crippen molar-refractivity contribution >= 4 is 28.2 Å². The molecule has 2 aromatic rings. The number of hydrogen-bond donors (Lipinski definition) is 1. The van der Waals surface area contributed by atoms with Crippen LogP contribution in [0.5, 0.6) is 5.75 Å². The van der Waals surface area contributed by atoms with Crippen LogP contribution < -0.4 is 10.1 Å². The second-order valence-corrected chi connectivity index (χ2v) is 9.28. The van der Waals surface area contributed by atoms with E-state index < -0.39 is 17.3 Å². The number of carbonyl (C=O) groups is 1. The molecule has 176 valence electrons. The minimum Gasteiger partial charge on any atom is -0.496 e. The van der Waals surface area contributed by atoms with Crippen LogP contribution in [0.15, 0.2) is 23.6 Å². The van der Waals surface area contributed by atoms with Crippen molar-refractivity contribution in [1.82, 2.24) is 14.8 Å². The fourth-order valence-corrected chi connectivity index (χ4v) is 3.93. The fourth-order valence-electron chi connectivity index (χ4n) is 3.21. The second kappa shape index (κ2) is 9.53. The number of thiazole rings is 1. The summed E-state index contributed by atoms with van der Waals surface area (Å²) in [6.07, 6.45) is -4.83. The predicted molar refractivity (Wildman–Crippen MR) is 116 cm³/mol. The minimum atomic E-state index is -4.52. The van der Waals surface area contributed by atoms with Gasteiger partial charge < -0.3 is 19.7 Å². The smallest absolute Gasteiger partial charge is 0.420 e. The lowest BCUT2D eigenvalue weighted by molar-refractivity contribution is -0.138. The Morgan fingerprint density at radius 2 is 1.88 bits per heavy atom. The van der Waals surface area contributed by atoms with Crippen LogP contribution in [0.2, 0.25) is 0 Å². The number of nitrogens with zero attached hydrogens (tertiary/aromatic N) is 3. The molecule has 1 aromatic heterocycles. The average molecular weight is 473 g/mol. The molecule has 1 N–H and O–H groups in total. The molecule has 1 aromatic carbocycles. The molecular formula is C21H27F3N4O3S. The number of carbonyl (C=O) groups excluding carboxylic acids is 1. The summed E-state index contributed by atoms with van der Waals surface area (Å²) < 4.78 is 49.9. The van der Waals surface area contributed by atoms with Crippen molar-refractivity contribution < 1.29 is 27.4 Å². The molecule has 11 heteroatoms. The van der Waals surface area contributed by atoms with Crippen LogP contribution in [0, 0.1) is 0 Å². The zero-order valence-electron chi connectivity index (χ0n) is 18.5. The van der Waals surface area contributed by atoms with E-state index in [1.807, 2.05) is 26.2 Å². The number of nitrogens with one attached hydrogen (secondary N) is 1. The monoisotopic (exact) mass is 472 g/mol. The van der Waals surface area contributed by atoms with E-state index in [2.05, 4.69) is 15.2 Å². The van der Waals surface area contributed by atoms with Gasteiger partial charge in [0.25, 0.3) is 0 Å². The number of amides is 1. The molecule has 0 bridgehead atoms. The molecule has 1 saturated heterocycles. The van der Waals surface area contributed by atoms with E-state index in [0.29, 0.717) is 37.9 Å². The summed E-state index contributed by atoms with van der Waals surface area (Å²) in [5.74, 6) is -0.228. The van der Waals surface area contributed by atoms with Gasteiger partial charge in [-0.3, -0.25) is 4.90 Å². The molecule has 2 heterocycles. The molecule has 1 amide bonds. The molecule has 0 aliphatic carbocycles. The Labute approximate surface area is 189 Å². The number of halogens is 3. The van der Waals surface area contributed by atoms with Gasteiger partial charge in [-0.1, -0.05) is 0 Å². The molecule has 1 aliphatic rings. The molecule has 32 heavy (non-hydrogen) atoms. The van der Waals surface area contributed by atoms with Crippen LogP contribution in [0.3, 0.4) is 0 Å². The van der Waals surface area contributed by atoms with Gasteiger partial charge in [-0.2, -0.15) is 13.2 Å². The van der Waals surface area contributed by atoms with E-state index in [-0.39, 0.29) is 17.5 Å². The summed E-state index contributed by atoms with van der Waals surface area (Å²) in [5.41, 5.74) is -0.273. The highest BCUT2D eigenvalue weighted by molar-refractivity contribution is 7.13. The lowest BCUT2D eigenvalue weighted by Crippen LogP contribution is -2.49. The Bertz CT molecular complexity index is 935.